The van der Waals surface area contributed by atoms with Crippen LogP contribution in [0.3, 0.4) is 0 Å². The fraction of sp³-hybridized carbons (Fsp3) is 0.600. The lowest BCUT2D eigenvalue weighted by Crippen LogP contribution is -2.47. The lowest BCUT2D eigenvalue weighted by molar-refractivity contribution is -0.115. The van der Waals surface area contributed by atoms with E-state index in [0.717, 1.165) is 44.1 Å². The second-order valence-electron chi connectivity index (χ2n) is 7.67. The van der Waals surface area contributed by atoms with E-state index >= 15 is 0 Å². The van der Waals surface area contributed by atoms with Crippen molar-refractivity contribution in [2.45, 2.75) is 31.7 Å². The number of carbonyl (C=O) groups excluding carboxylic acids is 2. The largest absolute Gasteiger partial charge is 0.337 e. The van der Waals surface area contributed by atoms with Gasteiger partial charge in [0, 0.05) is 30.9 Å². The molecule has 0 spiro atoms. The number of hydrogen-bond acceptors (Lipinski definition) is 4. The number of nitrogens with one attached hydrogen (secondary N) is 2. The molecule has 26 heavy (non-hydrogen) atoms. The molecule has 6 nitrogen and oxygen atoms in total. The number of nitrogens with zero attached hydrogens (tertiary/aromatic N) is 2. The first-order chi connectivity index (χ1) is 12.5. The number of hydrogen-bond donors (Lipinski definition) is 2. The Labute approximate surface area is 155 Å². The van der Waals surface area contributed by atoms with E-state index in [2.05, 4.69) is 22.6 Å². The number of likely N-dealkylation sites (tertiary alicyclic amines) is 1. The minimum absolute atomic E-state index is 0.0364. The Morgan fingerprint density at radius 1 is 1.19 bits per heavy atom. The van der Waals surface area contributed by atoms with Crippen molar-refractivity contribution in [2.75, 3.05) is 45.6 Å². The lowest BCUT2D eigenvalue weighted by Gasteiger charge is -2.35. The zero-order chi connectivity index (χ0) is 18.5. The first-order valence-electron chi connectivity index (χ1n) is 9.59. The summed E-state index contributed by atoms with van der Waals surface area (Å²) in [5.74, 6) is 0.746. The van der Waals surface area contributed by atoms with E-state index in [4.69, 9.17) is 0 Å². The van der Waals surface area contributed by atoms with Crippen LogP contribution in [0.5, 0.6) is 0 Å². The summed E-state index contributed by atoms with van der Waals surface area (Å²) >= 11 is 0. The Hall–Kier alpha value is -1.92. The Bertz CT molecular complexity index is 627. The van der Waals surface area contributed by atoms with Gasteiger partial charge in [-0.2, -0.15) is 0 Å². The first kappa shape index (κ1) is 18.9. The zero-order valence-electron chi connectivity index (χ0n) is 15.8. The molecule has 1 heterocycles. The second-order valence-corrected chi connectivity index (χ2v) is 7.67. The van der Waals surface area contributed by atoms with Gasteiger partial charge in [-0.05, 0) is 76.0 Å². The van der Waals surface area contributed by atoms with Crippen molar-refractivity contribution in [3.05, 3.63) is 29.8 Å². The van der Waals surface area contributed by atoms with Crippen molar-refractivity contribution in [2.24, 2.45) is 5.92 Å². The molecule has 0 bridgehead atoms. The Morgan fingerprint density at radius 3 is 2.58 bits per heavy atom. The number of piperidine rings is 1. The standard InChI is InChI=1S/C20H30N4O2/c1-23-11-3-4-18(14-23)24(2)20(26)16-7-9-17(10-8-16)22-19(25)13-21-12-15-5-6-15/h7-10,15,18,21H,3-6,11-14H2,1-2H3,(H,22,25). The van der Waals surface area contributed by atoms with Crippen LogP contribution in [0.25, 0.3) is 0 Å². The fourth-order valence-corrected chi connectivity index (χ4v) is 3.44. The van der Waals surface area contributed by atoms with Crippen molar-refractivity contribution in [1.82, 2.24) is 15.1 Å². The number of rotatable bonds is 7. The summed E-state index contributed by atoms with van der Waals surface area (Å²) in [7, 11) is 3.98. The average Bonchev–Trinajstić information content (AvgIpc) is 3.45. The van der Waals surface area contributed by atoms with Crippen LogP contribution in [0.2, 0.25) is 0 Å². The monoisotopic (exact) mass is 358 g/mol. The summed E-state index contributed by atoms with van der Waals surface area (Å²) < 4.78 is 0. The molecule has 1 unspecified atom stereocenters. The quantitative estimate of drug-likeness (QED) is 0.780. The lowest BCUT2D eigenvalue weighted by atomic mass is 10.0. The molecular weight excluding hydrogens is 328 g/mol. The maximum atomic E-state index is 12.7. The topological polar surface area (TPSA) is 64.7 Å². The van der Waals surface area contributed by atoms with Crippen LogP contribution >= 0.6 is 0 Å². The van der Waals surface area contributed by atoms with Crippen molar-refractivity contribution >= 4 is 17.5 Å². The van der Waals surface area contributed by atoms with E-state index < -0.39 is 0 Å². The molecule has 0 aromatic heterocycles. The van der Waals surface area contributed by atoms with Crippen LogP contribution in [-0.4, -0.2) is 67.9 Å². The first-order valence-corrected chi connectivity index (χ1v) is 9.59. The summed E-state index contributed by atoms with van der Waals surface area (Å²) in [6.45, 7) is 3.27. The van der Waals surface area contributed by atoms with Crippen LogP contribution in [0.4, 0.5) is 5.69 Å². The molecule has 0 radical (unpaired) electrons. The van der Waals surface area contributed by atoms with Gasteiger partial charge in [-0.1, -0.05) is 0 Å². The summed E-state index contributed by atoms with van der Waals surface area (Å²) in [6, 6.07) is 7.44. The molecule has 2 fully saturated rings. The van der Waals surface area contributed by atoms with Gasteiger partial charge in [-0.25, -0.2) is 0 Å². The summed E-state index contributed by atoms with van der Waals surface area (Å²) in [5, 5.41) is 6.04. The molecule has 142 valence electrons. The van der Waals surface area contributed by atoms with Gasteiger partial charge in [-0.3, -0.25) is 9.59 Å². The zero-order valence-corrected chi connectivity index (χ0v) is 15.8. The molecule has 1 saturated heterocycles. The van der Waals surface area contributed by atoms with Crippen LogP contribution in [0.1, 0.15) is 36.0 Å². The molecule has 1 aromatic carbocycles. The highest BCUT2D eigenvalue weighted by Gasteiger charge is 2.25. The number of carbonyl (C=O) groups is 2. The molecule has 1 aliphatic carbocycles. The third kappa shape index (κ3) is 5.29. The highest BCUT2D eigenvalue weighted by Crippen LogP contribution is 2.27. The minimum atomic E-state index is -0.0490. The highest BCUT2D eigenvalue weighted by molar-refractivity contribution is 5.96. The van der Waals surface area contributed by atoms with Crippen LogP contribution in [-0.2, 0) is 4.79 Å². The van der Waals surface area contributed by atoms with Crippen LogP contribution in [0.15, 0.2) is 24.3 Å². The molecule has 6 heteroatoms. The smallest absolute Gasteiger partial charge is 0.253 e. The van der Waals surface area contributed by atoms with Gasteiger partial charge >= 0.3 is 0 Å². The van der Waals surface area contributed by atoms with Crippen molar-refractivity contribution in [3.8, 4) is 0 Å². The van der Waals surface area contributed by atoms with Gasteiger partial charge in [0.05, 0.1) is 6.54 Å². The summed E-state index contributed by atoms with van der Waals surface area (Å²) in [4.78, 5) is 28.8. The molecular formula is C20H30N4O2. The van der Waals surface area contributed by atoms with Gasteiger partial charge in [0.1, 0.15) is 0 Å². The Balaban J connectivity index is 1.49. The van der Waals surface area contributed by atoms with Crippen LogP contribution in [0, 0.1) is 5.92 Å². The number of likely N-dealkylation sites (N-methyl/N-ethyl adjacent to an activating group) is 2. The SMILES string of the molecule is CN1CCCC(N(C)C(=O)c2ccc(NC(=O)CNCC3CC3)cc2)C1. The molecule has 1 saturated carbocycles. The normalized spacial score (nSPS) is 20.6. The third-order valence-electron chi connectivity index (χ3n) is 5.30. The van der Waals surface area contributed by atoms with E-state index in [9.17, 15) is 9.59 Å². The van der Waals surface area contributed by atoms with Crippen molar-refractivity contribution in [1.29, 1.82) is 0 Å². The molecule has 2 aliphatic rings. The van der Waals surface area contributed by atoms with Gasteiger partial charge < -0.3 is 20.4 Å². The summed E-state index contributed by atoms with van der Waals surface area (Å²) in [5.41, 5.74) is 1.38. The van der Waals surface area contributed by atoms with Gasteiger partial charge in [0.25, 0.3) is 5.91 Å². The summed E-state index contributed by atoms with van der Waals surface area (Å²) in [6.07, 6.45) is 4.72. The van der Waals surface area contributed by atoms with Crippen molar-refractivity contribution in [3.63, 3.8) is 0 Å². The second kappa shape index (κ2) is 8.64. The molecule has 1 aromatic rings. The Kier molecular flexibility index (Phi) is 6.27. The predicted molar refractivity (Wildman–Crippen MR) is 103 cm³/mol. The fourth-order valence-electron chi connectivity index (χ4n) is 3.44. The maximum Gasteiger partial charge on any atom is 0.253 e. The minimum Gasteiger partial charge on any atom is -0.337 e. The van der Waals surface area contributed by atoms with Crippen LogP contribution < -0.4 is 10.6 Å². The molecule has 2 amide bonds. The maximum absolute atomic E-state index is 12.7. The molecule has 1 aliphatic heterocycles. The van der Waals surface area contributed by atoms with E-state index in [1.54, 1.807) is 24.3 Å². The van der Waals surface area contributed by atoms with E-state index in [-0.39, 0.29) is 17.9 Å². The molecule has 3 rings (SSSR count). The third-order valence-corrected chi connectivity index (χ3v) is 5.30. The Morgan fingerprint density at radius 2 is 1.92 bits per heavy atom. The number of anilines is 1. The van der Waals surface area contributed by atoms with E-state index in [1.807, 2.05) is 11.9 Å². The van der Waals surface area contributed by atoms with Gasteiger partial charge in [-0.15, -0.1) is 0 Å². The number of amides is 2. The molecule has 1 atom stereocenters. The van der Waals surface area contributed by atoms with E-state index in [1.165, 1.54) is 12.8 Å². The highest BCUT2D eigenvalue weighted by atomic mass is 16.2. The average molecular weight is 358 g/mol. The van der Waals surface area contributed by atoms with Gasteiger partial charge in [0.2, 0.25) is 5.91 Å². The number of benzene rings is 1. The molecule has 2 N–H and O–H groups in total. The van der Waals surface area contributed by atoms with Crippen molar-refractivity contribution < 1.29 is 9.59 Å². The van der Waals surface area contributed by atoms with E-state index in [0.29, 0.717) is 12.1 Å². The van der Waals surface area contributed by atoms with Gasteiger partial charge in [0.15, 0.2) is 0 Å². The predicted octanol–water partition coefficient (Wildman–Crippen LogP) is 1.79.